The summed E-state index contributed by atoms with van der Waals surface area (Å²) < 4.78 is 0. The van der Waals surface area contributed by atoms with Crippen LogP contribution >= 0.6 is 0 Å². The Kier molecular flexibility index (Phi) is 3.97. The van der Waals surface area contributed by atoms with E-state index in [1.54, 1.807) is 0 Å². The summed E-state index contributed by atoms with van der Waals surface area (Å²) in [5.41, 5.74) is 6.49. The molecule has 0 unspecified atom stereocenters. The zero-order valence-electron chi connectivity index (χ0n) is 7.72. The molecule has 3 nitrogen and oxygen atoms in total. The second-order valence-electron chi connectivity index (χ2n) is 3.25. The Morgan fingerprint density at radius 2 is 1.55 bits per heavy atom. The lowest BCUT2D eigenvalue weighted by Crippen LogP contribution is -2.16. The van der Waals surface area contributed by atoms with Crippen LogP contribution in [0.2, 0.25) is 0 Å². The van der Waals surface area contributed by atoms with Gasteiger partial charge in [-0.05, 0) is 5.92 Å². The quantitative estimate of drug-likeness (QED) is 0.481. The van der Waals surface area contributed by atoms with Gasteiger partial charge in [0, 0.05) is 5.92 Å². The molecule has 0 aliphatic carbocycles. The molecule has 0 rings (SSSR count). The Morgan fingerprint density at radius 1 is 1.09 bits per heavy atom. The van der Waals surface area contributed by atoms with E-state index >= 15 is 0 Å². The Bertz CT molecular complexity index is 150. The highest BCUT2D eigenvalue weighted by Gasteiger charge is 2.11. The third kappa shape index (κ3) is 2.80. The van der Waals surface area contributed by atoms with Crippen LogP contribution in [0, 0.1) is 11.8 Å². The molecule has 0 aliphatic rings. The second-order valence-corrected chi connectivity index (χ2v) is 3.25. The molecule has 0 aromatic carbocycles. The smallest absolute Gasteiger partial charge is 0.145 e. The molecule has 0 saturated carbocycles. The largest absolute Gasteiger partial charge is 0.414 e. The third-order valence-electron chi connectivity index (χ3n) is 1.56. The lowest BCUT2D eigenvalue weighted by molar-refractivity contribution is 0.183. The Morgan fingerprint density at radius 3 is 1.64 bits per heavy atom. The van der Waals surface area contributed by atoms with Crippen molar-refractivity contribution in [3.8, 4) is 0 Å². The molecular weight excluding hydrogens is 140 g/mol. The first-order valence-corrected chi connectivity index (χ1v) is 3.87. The van der Waals surface area contributed by atoms with E-state index in [0.29, 0.717) is 5.76 Å². The van der Waals surface area contributed by atoms with Crippen LogP contribution in [0.3, 0.4) is 0 Å². The first-order chi connectivity index (χ1) is 5.00. The van der Waals surface area contributed by atoms with Gasteiger partial charge in [0.1, 0.15) is 5.76 Å². The average molecular weight is 158 g/mol. The van der Waals surface area contributed by atoms with Gasteiger partial charge in [-0.15, -0.1) is 0 Å². The minimum absolute atomic E-state index is 0.252. The van der Waals surface area contributed by atoms with Crippen LogP contribution in [-0.2, 0) is 4.84 Å². The predicted octanol–water partition coefficient (Wildman–Crippen LogP) is 1.36. The van der Waals surface area contributed by atoms with E-state index < -0.39 is 0 Å². The highest BCUT2D eigenvalue weighted by Crippen LogP contribution is 2.16. The summed E-state index contributed by atoms with van der Waals surface area (Å²) in [5.74, 6) is 6.31. The monoisotopic (exact) mass is 158 g/mol. The van der Waals surface area contributed by atoms with Crippen molar-refractivity contribution in [2.24, 2.45) is 23.5 Å². The molecule has 0 atom stereocenters. The lowest BCUT2D eigenvalue weighted by Gasteiger charge is -2.14. The molecule has 66 valence electrons. The minimum atomic E-state index is 0.252. The van der Waals surface area contributed by atoms with Crippen molar-refractivity contribution in [2.75, 3.05) is 0 Å². The van der Waals surface area contributed by atoms with Crippen LogP contribution in [0.5, 0.6) is 0 Å². The summed E-state index contributed by atoms with van der Waals surface area (Å²) in [5, 5.41) is 0. The van der Waals surface area contributed by atoms with Crippen LogP contribution in [0.4, 0.5) is 0 Å². The van der Waals surface area contributed by atoms with Crippen molar-refractivity contribution >= 4 is 0 Å². The number of hydrogen-bond donors (Lipinski definition) is 2. The zero-order valence-corrected chi connectivity index (χ0v) is 7.72. The molecule has 0 spiro atoms. The highest BCUT2D eigenvalue weighted by atomic mass is 16.6. The number of allylic oxidation sites excluding steroid dienone is 2. The van der Waals surface area contributed by atoms with Crippen molar-refractivity contribution in [1.29, 1.82) is 0 Å². The topological polar surface area (TPSA) is 61.3 Å². The molecule has 0 heterocycles. The molecule has 0 aromatic rings. The first-order valence-electron chi connectivity index (χ1n) is 3.87. The summed E-state index contributed by atoms with van der Waals surface area (Å²) in [6.45, 7) is 8.02. The van der Waals surface area contributed by atoms with Gasteiger partial charge in [0.2, 0.25) is 0 Å². The van der Waals surface area contributed by atoms with Gasteiger partial charge >= 0.3 is 0 Å². The van der Waals surface area contributed by atoms with E-state index in [0.717, 1.165) is 5.70 Å². The van der Waals surface area contributed by atoms with Gasteiger partial charge in [-0.2, -0.15) is 5.90 Å². The van der Waals surface area contributed by atoms with Gasteiger partial charge < -0.3 is 10.6 Å². The summed E-state index contributed by atoms with van der Waals surface area (Å²) in [6, 6.07) is 0. The molecule has 4 N–H and O–H groups in total. The van der Waals surface area contributed by atoms with Gasteiger partial charge in [0.15, 0.2) is 0 Å². The van der Waals surface area contributed by atoms with Gasteiger partial charge in [-0.1, -0.05) is 27.7 Å². The standard InChI is InChI=1S/C8H18N2O/c1-5(2)7(9)8(11-10)6(3)4/h5-6H,9-10H2,1-4H3/b8-7-. The van der Waals surface area contributed by atoms with E-state index in [1.165, 1.54) is 0 Å². The van der Waals surface area contributed by atoms with Crippen LogP contribution in [-0.4, -0.2) is 0 Å². The van der Waals surface area contributed by atoms with Crippen LogP contribution < -0.4 is 11.6 Å². The van der Waals surface area contributed by atoms with Crippen LogP contribution in [0.15, 0.2) is 11.5 Å². The Labute approximate surface area is 68.4 Å². The highest BCUT2D eigenvalue weighted by molar-refractivity contribution is 5.08. The fraction of sp³-hybridized carbons (Fsp3) is 0.750. The van der Waals surface area contributed by atoms with E-state index in [1.807, 2.05) is 27.7 Å². The summed E-state index contributed by atoms with van der Waals surface area (Å²) in [7, 11) is 0. The molecule has 0 amide bonds. The lowest BCUT2D eigenvalue weighted by atomic mass is 10.0. The molecule has 0 aliphatic heterocycles. The van der Waals surface area contributed by atoms with Crippen molar-refractivity contribution in [2.45, 2.75) is 27.7 Å². The summed E-state index contributed by atoms with van der Waals surface area (Å²) in [4.78, 5) is 4.69. The van der Waals surface area contributed by atoms with Crippen molar-refractivity contribution in [3.63, 3.8) is 0 Å². The van der Waals surface area contributed by atoms with Gasteiger partial charge in [0.05, 0.1) is 5.70 Å². The normalized spacial score (nSPS) is 13.7. The molecule has 0 bridgehead atoms. The number of rotatable bonds is 3. The van der Waals surface area contributed by atoms with Gasteiger partial charge in [-0.3, -0.25) is 0 Å². The Hall–Kier alpha value is -0.700. The number of hydrogen-bond acceptors (Lipinski definition) is 3. The van der Waals surface area contributed by atoms with Crippen LogP contribution in [0.1, 0.15) is 27.7 Å². The molecule has 0 aromatic heterocycles. The fourth-order valence-corrected chi connectivity index (χ4v) is 0.822. The summed E-state index contributed by atoms with van der Waals surface area (Å²) >= 11 is 0. The number of nitrogens with two attached hydrogens (primary N) is 2. The van der Waals surface area contributed by atoms with Gasteiger partial charge in [0.25, 0.3) is 0 Å². The SMILES string of the molecule is CC(C)/C(N)=C(/ON)C(C)C. The molecule has 0 radical (unpaired) electrons. The maximum Gasteiger partial charge on any atom is 0.145 e. The van der Waals surface area contributed by atoms with Gasteiger partial charge in [-0.25, -0.2) is 0 Å². The van der Waals surface area contributed by atoms with Crippen molar-refractivity contribution in [3.05, 3.63) is 11.5 Å². The van der Waals surface area contributed by atoms with E-state index in [4.69, 9.17) is 11.6 Å². The van der Waals surface area contributed by atoms with Crippen molar-refractivity contribution in [1.82, 2.24) is 0 Å². The molecule has 11 heavy (non-hydrogen) atoms. The second kappa shape index (κ2) is 4.23. The maximum atomic E-state index is 5.75. The first kappa shape index (κ1) is 10.3. The maximum absolute atomic E-state index is 5.75. The predicted molar refractivity (Wildman–Crippen MR) is 46.2 cm³/mol. The molecule has 0 fully saturated rings. The molecular formula is C8H18N2O. The third-order valence-corrected chi connectivity index (χ3v) is 1.56. The van der Waals surface area contributed by atoms with Crippen LogP contribution in [0.25, 0.3) is 0 Å². The van der Waals surface area contributed by atoms with E-state index in [2.05, 4.69) is 4.84 Å². The van der Waals surface area contributed by atoms with E-state index in [-0.39, 0.29) is 11.8 Å². The van der Waals surface area contributed by atoms with E-state index in [9.17, 15) is 0 Å². The minimum Gasteiger partial charge on any atom is -0.414 e. The van der Waals surface area contributed by atoms with Crippen molar-refractivity contribution < 1.29 is 4.84 Å². The zero-order chi connectivity index (χ0) is 9.02. The summed E-state index contributed by atoms with van der Waals surface area (Å²) in [6.07, 6.45) is 0. The average Bonchev–Trinajstić information content (AvgIpc) is 1.88. The molecule has 3 heteroatoms. The fourth-order valence-electron chi connectivity index (χ4n) is 0.822. The molecule has 0 saturated heterocycles. The Balaban J connectivity index is 4.54.